The van der Waals surface area contributed by atoms with Crippen molar-refractivity contribution in [2.75, 3.05) is 0 Å². The van der Waals surface area contributed by atoms with Gasteiger partial charge in [0.15, 0.2) is 0 Å². The number of fused-ring (bicyclic) bond motifs is 1. The van der Waals surface area contributed by atoms with Crippen molar-refractivity contribution in [1.29, 1.82) is 0 Å². The van der Waals surface area contributed by atoms with Gasteiger partial charge in [-0.15, -0.1) is 0 Å². The van der Waals surface area contributed by atoms with E-state index in [0.717, 1.165) is 16.6 Å². The van der Waals surface area contributed by atoms with Gasteiger partial charge in [0, 0.05) is 16.6 Å². The predicted molar refractivity (Wildman–Crippen MR) is 116 cm³/mol. The number of carbonyl (C=O) groups is 1. The Morgan fingerprint density at radius 2 is 1.70 bits per heavy atom. The fourth-order valence-corrected chi connectivity index (χ4v) is 3.35. The molecule has 0 atom stereocenters. The molecule has 7 heteroatoms. The van der Waals surface area contributed by atoms with E-state index >= 15 is 0 Å². The summed E-state index contributed by atoms with van der Waals surface area (Å²) in [5.74, 6) is -0.134. The summed E-state index contributed by atoms with van der Waals surface area (Å²) in [5.41, 5.74) is 2.05. The van der Waals surface area contributed by atoms with Crippen molar-refractivity contribution in [3.8, 4) is 0 Å². The molecule has 0 saturated heterocycles. The molecule has 0 fully saturated rings. The molecule has 0 aliphatic heterocycles. The second-order valence-corrected chi connectivity index (χ2v) is 7.29. The van der Waals surface area contributed by atoms with Crippen molar-refractivity contribution in [2.45, 2.75) is 19.5 Å². The third-order valence-corrected chi connectivity index (χ3v) is 4.97. The van der Waals surface area contributed by atoms with Crippen LogP contribution >= 0.6 is 11.6 Å². The van der Waals surface area contributed by atoms with Crippen LogP contribution in [0.4, 0.5) is 0 Å². The second kappa shape index (κ2) is 8.88. The van der Waals surface area contributed by atoms with Crippen molar-refractivity contribution >= 4 is 28.3 Å². The van der Waals surface area contributed by atoms with E-state index in [1.807, 2.05) is 48.5 Å². The fraction of sp³-hybridized carbons (Fsp3) is 0.130. The molecule has 4 aromatic rings. The summed E-state index contributed by atoms with van der Waals surface area (Å²) in [6.07, 6.45) is 1.92. The maximum absolute atomic E-state index is 12.9. The lowest BCUT2D eigenvalue weighted by Crippen LogP contribution is -2.29. The number of pyridine rings is 1. The Kier molecular flexibility index (Phi) is 5.86. The van der Waals surface area contributed by atoms with Gasteiger partial charge in [-0.25, -0.2) is 4.68 Å². The van der Waals surface area contributed by atoms with Crippen molar-refractivity contribution < 1.29 is 4.79 Å². The minimum Gasteiger partial charge on any atom is -0.350 e. The van der Waals surface area contributed by atoms with Crippen molar-refractivity contribution in [3.63, 3.8) is 0 Å². The molecule has 30 heavy (non-hydrogen) atoms. The minimum absolute atomic E-state index is 0.134. The molecule has 2 heterocycles. The number of nitrogens with zero attached hydrogens (tertiary/aromatic N) is 3. The number of hydrogen-bond donors (Lipinski definition) is 1. The Morgan fingerprint density at radius 3 is 2.43 bits per heavy atom. The number of hydrogen-bond acceptors (Lipinski definition) is 4. The van der Waals surface area contributed by atoms with Crippen LogP contribution in [-0.2, 0) is 24.3 Å². The van der Waals surface area contributed by atoms with E-state index in [-0.39, 0.29) is 31.0 Å². The first-order valence-electron chi connectivity index (χ1n) is 9.50. The predicted octanol–water partition coefficient (Wildman–Crippen LogP) is 3.35. The zero-order valence-electron chi connectivity index (χ0n) is 16.1. The smallest absolute Gasteiger partial charge is 0.275 e. The van der Waals surface area contributed by atoms with Gasteiger partial charge in [-0.2, -0.15) is 5.10 Å². The molecule has 2 aromatic heterocycles. The maximum Gasteiger partial charge on any atom is 0.275 e. The molecule has 150 valence electrons. The highest BCUT2D eigenvalue weighted by Gasteiger charge is 2.12. The summed E-state index contributed by atoms with van der Waals surface area (Å²) in [4.78, 5) is 29.5. The molecule has 1 N–H and O–H groups in total. The van der Waals surface area contributed by atoms with Crippen LogP contribution in [0.25, 0.3) is 10.8 Å². The first-order valence-corrected chi connectivity index (χ1v) is 9.88. The van der Waals surface area contributed by atoms with Gasteiger partial charge in [0.1, 0.15) is 0 Å². The van der Waals surface area contributed by atoms with Gasteiger partial charge in [0.2, 0.25) is 5.91 Å². The summed E-state index contributed by atoms with van der Waals surface area (Å²) < 4.78 is 1.39. The zero-order valence-corrected chi connectivity index (χ0v) is 16.8. The molecule has 0 bridgehead atoms. The molecule has 0 aliphatic carbocycles. The van der Waals surface area contributed by atoms with E-state index in [2.05, 4.69) is 15.4 Å². The number of halogens is 1. The van der Waals surface area contributed by atoms with Gasteiger partial charge in [-0.1, -0.05) is 48.0 Å². The maximum atomic E-state index is 12.9. The van der Waals surface area contributed by atoms with Crippen molar-refractivity contribution in [3.05, 3.63) is 105 Å². The van der Waals surface area contributed by atoms with Gasteiger partial charge in [0.05, 0.1) is 36.3 Å². The van der Waals surface area contributed by atoms with Gasteiger partial charge < -0.3 is 5.32 Å². The Balaban J connectivity index is 1.58. The van der Waals surface area contributed by atoms with Crippen molar-refractivity contribution in [2.24, 2.45) is 0 Å². The van der Waals surface area contributed by atoms with Crippen LogP contribution in [0.1, 0.15) is 17.0 Å². The van der Waals surface area contributed by atoms with E-state index in [0.29, 0.717) is 16.1 Å². The summed E-state index contributed by atoms with van der Waals surface area (Å²) in [6.45, 7) is 0.478. The average Bonchev–Trinajstić information content (AvgIpc) is 2.77. The summed E-state index contributed by atoms with van der Waals surface area (Å²) in [7, 11) is 0. The second-order valence-electron chi connectivity index (χ2n) is 6.86. The van der Waals surface area contributed by atoms with Gasteiger partial charge in [-0.05, 0) is 35.9 Å². The van der Waals surface area contributed by atoms with E-state index in [4.69, 9.17) is 11.6 Å². The van der Waals surface area contributed by atoms with E-state index in [1.54, 1.807) is 24.4 Å². The van der Waals surface area contributed by atoms with Crippen molar-refractivity contribution in [1.82, 2.24) is 20.1 Å². The zero-order chi connectivity index (χ0) is 20.9. The normalized spacial score (nSPS) is 10.8. The first kappa shape index (κ1) is 19.8. The lowest BCUT2D eigenvalue weighted by molar-refractivity contribution is -0.120. The quantitative estimate of drug-likeness (QED) is 0.521. The van der Waals surface area contributed by atoms with Gasteiger partial charge >= 0.3 is 0 Å². The molecule has 1 amide bonds. The molecule has 2 aromatic carbocycles. The fourth-order valence-electron chi connectivity index (χ4n) is 3.22. The molecular weight excluding hydrogens is 400 g/mol. The lowest BCUT2D eigenvalue weighted by atomic mass is 10.1. The van der Waals surface area contributed by atoms with E-state index < -0.39 is 0 Å². The number of carbonyl (C=O) groups excluding carboxylic acids is 1. The largest absolute Gasteiger partial charge is 0.350 e. The van der Waals surface area contributed by atoms with Gasteiger partial charge in [0.25, 0.3) is 5.56 Å². The Bertz CT molecular complexity index is 1240. The lowest BCUT2D eigenvalue weighted by Gasteiger charge is -2.12. The van der Waals surface area contributed by atoms with Crippen LogP contribution in [0.3, 0.4) is 0 Å². The summed E-state index contributed by atoms with van der Waals surface area (Å²) in [6, 6.07) is 20.0. The third-order valence-electron chi connectivity index (χ3n) is 4.71. The monoisotopic (exact) mass is 418 g/mol. The molecular formula is C23H19ClN4O2. The third kappa shape index (κ3) is 4.55. The van der Waals surface area contributed by atoms with Crippen LogP contribution in [-0.4, -0.2) is 20.7 Å². The highest BCUT2D eigenvalue weighted by molar-refractivity contribution is 6.30. The topological polar surface area (TPSA) is 76.9 Å². The van der Waals surface area contributed by atoms with Gasteiger partial charge in [-0.3, -0.25) is 14.6 Å². The average molecular weight is 419 g/mol. The van der Waals surface area contributed by atoms with Crippen LogP contribution in [0.15, 0.2) is 77.7 Å². The molecule has 4 rings (SSSR count). The molecule has 0 aliphatic rings. The highest BCUT2D eigenvalue weighted by Crippen LogP contribution is 2.14. The van der Waals surface area contributed by atoms with Crippen LogP contribution in [0.5, 0.6) is 0 Å². The molecule has 6 nitrogen and oxygen atoms in total. The van der Waals surface area contributed by atoms with Crippen LogP contribution in [0, 0.1) is 0 Å². The minimum atomic E-state index is -0.188. The van der Waals surface area contributed by atoms with Crippen LogP contribution < -0.4 is 10.9 Å². The summed E-state index contributed by atoms with van der Waals surface area (Å²) in [5, 5.41) is 9.34. The molecule has 0 radical (unpaired) electrons. The standard InChI is InChI=1S/C23H19ClN4O2/c24-17-10-8-16(9-11-17)13-22(29)26-14-21-19-6-1-2-7-20(19)23(30)28(27-21)15-18-5-3-4-12-25-18/h1-12H,13-15H2,(H,26,29). The van der Waals surface area contributed by atoms with E-state index in [9.17, 15) is 9.59 Å². The Morgan fingerprint density at radius 1 is 0.967 bits per heavy atom. The van der Waals surface area contributed by atoms with Crippen LogP contribution in [0.2, 0.25) is 5.02 Å². The Labute approximate surface area is 178 Å². The number of benzene rings is 2. The SMILES string of the molecule is O=C(Cc1ccc(Cl)cc1)NCc1nn(Cc2ccccn2)c(=O)c2ccccc12. The molecule has 0 unspecified atom stereocenters. The number of rotatable bonds is 6. The van der Waals surface area contributed by atoms with E-state index in [1.165, 1.54) is 4.68 Å². The first-order chi connectivity index (χ1) is 14.6. The molecule has 0 saturated carbocycles. The summed E-state index contributed by atoms with van der Waals surface area (Å²) >= 11 is 5.89. The Hall–Kier alpha value is -3.51. The molecule has 0 spiro atoms. The highest BCUT2D eigenvalue weighted by atomic mass is 35.5. The number of aromatic nitrogens is 3. The number of amides is 1. The number of nitrogens with one attached hydrogen (secondary N) is 1.